The predicted octanol–water partition coefficient (Wildman–Crippen LogP) is 15.9. The monoisotopic (exact) mass is 846 g/mol. The molecule has 6 nitrogen and oxygen atoms in total. The van der Waals surface area contributed by atoms with Crippen molar-refractivity contribution in [1.29, 1.82) is 0 Å². The molecule has 0 fully saturated rings. The van der Waals surface area contributed by atoms with Crippen LogP contribution in [0.5, 0.6) is 0 Å². The number of hydrogen-bond acceptors (Lipinski definition) is 5. The first-order valence-electron chi connectivity index (χ1n) is 26.6. The Morgan fingerprint density at radius 1 is 0.467 bits per heavy atom. The van der Waals surface area contributed by atoms with Gasteiger partial charge in [0.05, 0.1) is 25.4 Å². The summed E-state index contributed by atoms with van der Waals surface area (Å²) in [7, 11) is 0. The number of esters is 1. The lowest BCUT2D eigenvalue weighted by molar-refractivity contribution is -0.143. The molecule has 0 aromatic rings. The largest absolute Gasteiger partial charge is 0.466 e. The van der Waals surface area contributed by atoms with E-state index in [4.69, 9.17) is 4.74 Å². The van der Waals surface area contributed by atoms with Gasteiger partial charge >= 0.3 is 5.97 Å². The lowest BCUT2D eigenvalue weighted by atomic mass is 10.0. The molecule has 0 spiro atoms. The number of nitrogens with one attached hydrogen (secondary N) is 1. The second-order valence-electron chi connectivity index (χ2n) is 18.2. The minimum absolute atomic E-state index is 0.0153. The Labute approximate surface area is 373 Å². The van der Waals surface area contributed by atoms with Gasteiger partial charge in [-0.3, -0.25) is 9.59 Å². The van der Waals surface area contributed by atoms with Crippen molar-refractivity contribution in [3.63, 3.8) is 0 Å². The SMILES string of the molecule is CCCCCCCCCCCCCCCCCCCC(O)C(CO)NC(=O)CC/C=C\C/C=C\CCCCCCCCOC(=O)CCCCCCCCCCCCCCC. The molecule has 60 heavy (non-hydrogen) atoms. The van der Waals surface area contributed by atoms with Gasteiger partial charge in [0, 0.05) is 12.8 Å². The number of aliphatic hydroxyl groups excluding tert-OH is 2. The number of amides is 1. The van der Waals surface area contributed by atoms with E-state index in [1.807, 2.05) is 6.08 Å². The summed E-state index contributed by atoms with van der Waals surface area (Å²) in [5.74, 6) is -0.129. The Kier molecular flexibility index (Phi) is 48.6. The van der Waals surface area contributed by atoms with Crippen LogP contribution in [0.2, 0.25) is 0 Å². The third kappa shape index (κ3) is 45.9. The first-order chi connectivity index (χ1) is 29.5. The van der Waals surface area contributed by atoms with E-state index in [1.165, 1.54) is 193 Å². The van der Waals surface area contributed by atoms with Crippen molar-refractivity contribution in [2.24, 2.45) is 0 Å². The molecular weight excluding hydrogens is 743 g/mol. The molecule has 2 atom stereocenters. The fourth-order valence-corrected chi connectivity index (χ4v) is 8.16. The Balaban J connectivity index is 3.55. The Morgan fingerprint density at radius 2 is 0.850 bits per heavy atom. The lowest BCUT2D eigenvalue weighted by Gasteiger charge is -2.22. The second-order valence-corrected chi connectivity index (χ2v) is 18.2. The van der Waals surface area contributed by atoms with E-state index in [0.717, 1.165) is 51.4 Å². The van der Waals surface area contributed by atoms with Gasteiger partial charge in [-0.05, 0) is 44.9 Å². The second kappa shape index (κ2) is 50.0. The summed E-state index contributed by atoms with van der Waals surface area (Å²) in [5.41, 5.74) is 0. The van der Waals surface area contributed by atoms with Gasteiger partial charge < -0.3 is 20.3 Å². The van der Waals surface area contributed by atoms with Gasteiger partial charge in [0.25, 0.3) is 0 Å². The summed E-state index contributed by atoms with van der Waals surface area (Å²) in [6.07, 6.45) is 58.8. The maximum atomic E-state index is 12.4. The molecule has 0 aliphatic carbocycles. The minimum atomic E-state index is -0.698. The topological polar surface area (TPSA) is 95.9 Å². The van der Waals surface area contributed by atoms with E-state index in [2.05, 4.69) is 37.4 Å². The van der Waals surface area contributed by atoms with Crippen LogP contribution in [-0.4, -0.2) is 47.4 Å². The molecular formula is C54H103NO5. The molecule has 0 aliphatic heterocycles. The van der Waals surface area contributed by atoms with Gasteiger partial charge in [0.15, 0.2) is 0 Å². The average molecular weight is 846 g/mol. The summed E-state index contributed by atoms with van der Waals surface area (Å²) < 4.78 is 5.45. The molecule has 0 radical (unpaired) electrons. The quantitative estimate of drug-likeness (QED) is 0.0322. The fourth-order valence-electron chi connectivity index (χ4n) is 8.16. The molecule has 0 aliphatic rings. The van der Waals surface area contributed by atoms with Crippen molar-refractivity contribution in [2.45, 2.75) is 296 Å². The van der Waals surface area contributed by atoms with Crippen LogP contribution in [0.4, 0.5) is 0 Å². The van der Waals surface area contributed by atoms with Crippen molar-refractivity contribution in [3.8, 4) is 0 Å². The standard InChI is InChI=1S/C54H103NO5/c1-3-5-7-9-11-13-15-17-18-19-20-23-26-30-34-38-42-46-52(57)51(50-56)55-53(58)47-43-39-35-31-27-24-21-25-29-33-37-41-45-49-60-54(59)48-44-40-36-32-28-22-16-14-12-10-8-6-4-2/h24,27,35,39,51-52,56-57H,3-23,25-26,28-34,36-38,40-50H2,1-2H3,(H,55,58)/b27-24-,39-35-. The first kappa shape index (κ1) is 58.3. The zero-order valence-corrected chi connectivity index (χ0v) is 40.2. The number of rotatable bonds is 49. The van der Waals surface area contributed by atoms with E-state index < -0.39 is 12.1 Å². The van der Waals surface area contributed by atoms with Crippen molar-refractivity contribution in [3.05, 3.63) is 24.3 Å². The number of unbranched alkanes of at least 4 members (excludes halogenated alkanes) is 34. The van der Waals surface area contributed by atoms with E-state index in [1.54, 1.807) is 0 Å². The molecule has 0 heterocycles. The van der Waals surface area contributed by atoms with Gasteiger partial charge in [0.2, 0.25) is 5.91 Å². The van der Waals surface area contributed by atoms with Crippen LogP contribution in [0.15, 0.2) is 24.3 Å². The molecule has 2 unspecified atom stereocenters. The smallest absolute Gasteiger partial charge is 0.305 e. The van der Waals surface area contributed by atoms with Crippen LogP contribution in [-0.2, 0) is 14.3 Å². The Hall–Kier alpha value is -1.66. The van der Waals surface area contributed by atoms with Gasteiger partial charge in [-0.1, -0.05) is 250 Å². The molecule has 0 rings (SSSR count). The van der Waals surface area contributed by atoms with Crippen LogP contribution in [0.25, 0.3) is 0 Å². The first-order valence-corrected chi connectivity index (χ1v) is 26.6. The van der Waals surface area contributed by atoms with E-state index >= 15 is 0 Å². The van der Waals surface area contributed by atoms with E-state index in [9.17, 15) is 19.8 Å². The van der Waals surface area contributed by atoms with Gasteiger partial charge in [-0.2, -0.15) is 0 Å². The molecule has 6 heteroatoms. The number of hydrogen-bond donors (Lipinski definition) is 3. The van der Waals surface area contributed by atoms with E-state index in [-0.39, 0.29) is 18.5 Å². The minimum Gasteiger partial charge on any atom is -0.466 e. The van der Waals surface area contributed by atoms with Crippen molar-refractivity contribution in [1.82, 2.24) is 5.32 Å². The van der Waals surface area contributed by atoms with Crippen LogP contribution < -0.4 is 5.32 Å². The van der Waals surface area contributed by atoms with Gasteiger partial charge in [0.1, 0.15) is 0 Å². The number of allylic oxidation sites excluding steroid dienone is 4. The molecule has 0 bridgehead atoms. The summed E-state index contributed by atoms with van der Waals surface area (Å²) in [6.45, 7) is 4.90. The molecule has 354 valence electrons. The van der Waals surface area contributed by atoms with Crippen LogP contribution in [0, 0.1) is 0 Å². The molecule has 0 saturated heterocycles. The number of carbonyl (C=O) groups is 2. The predicted molar refractivity (Wildman–Crippen MR) is 260 cm³/mol. The Morgan fingerprint density at radius 3 is 1.30 bits per heavy atom. The summed E-state index contributed by atoms with van der Waals surface area (Å²) in [6, 6.07) is -0.585. The van der Waals surface area contributed by atoms with Gasteiger partial charge in [-0.25, -0.2) is 0 Å². The zero-order valence-electron chi connectivity index (χ0n) is 40.2. The van der Waals surface area contributed by atoms with Crippen molar-refractivity contribution in [2.75, 3.05) is 13.2 Å². The molecule has 1 amide bonds. The summed E-state index contributed by atoms with van der Waals surface area (Å²) >= 11 is 0. The van der Waals surface area contributed by atoms with Crippen molar-refractivity contribution >= 4 is 11.9 Å². The fraction of sp³-hybridized carbons (Fsp3) is 0.889. The van der Waals surface area contributed by atoms with Crippen LogP contribution in [0.3, 0.4) is 0 Å². The number of ether oxygens (including phenoxy) is 1. The molecule has 0 aromatic heterocycles. The summed E-state index contributed by atoms with van der Waals surface area (Å²) in [4.78, 5) is 24.4. The summed E-state index contributed by atoms with van der Waals surface area (Å²) in [5, 5.41) is 23.2. The number of aliphatic hydroxyl groups is 2. The zero-order chi connectivity index (χ0) is 43.7. The maximum absolute atomic E-state index is 12.4. The molecule has 0 saturated carbocycles. The highest BCUT2D eigenvalue weighted by molar-refractivity contribution is 5.76. The molecule has 3 N–H and O–H groups in total. The third-order valence-electron chi connectivity index (χ3n) is 12.3. The normalized spacial score (nSPS) is 12.8. The third-order valence-corrected chi connectivity index (χ3v) is 12.3. The lowest BCUT2D eigenvalue weighted by Crippen LogP contribution is -2.45. The number of carbonyl (C=O) groups excluding carboxylic acids is 2. The van der Waals surface area contributed by atoms with Crippen LogP contribution in [0.1, 0.15) is 284 Å². The highest BCUT2D eigenvalue weighted by atomic mass is 16.5. The molecule has 0 aromatic carbocycles. The highest BCUT2D eigenvalue weighted by Gasteiger charge is 2.19. The maximum Gasteiger partial charge on any atom is 0.305 e. The van der Waals surface area contributed by atoms with Crippen molar-refractivity contribution < 1.29 is 24.5 Å². The van der Waals surface area contributed by atoms with Gasteiger partial charge in [-0.15, -0.1) is 0 Å². The average Bonchev–Trinajstić information content (AvgIpc) is 3.25. The van der Waals surface area contributed by atoms with Crippen LogP contribution >= 0.6 is 0 Å². The highest BCUT2D eigenvalue weighted by Crippen LogP contribution is 2.17. The Bertz CT molecular complexity index is 935. The van der Waals surface area contributed by atoms with E-state index in [0.29, 0.717) is 32.3 Å².